The number of aliphatic hydroxyl groups is 1. The number of hydrogen-bond acceptors (Lipinski definition) is 4. The van der Waals surface area contributed by atoms with E-state index in [1.807, 2.05) is 12.1 Å². The molecule has 0 bridgehead atoms. The van der Waals surface area contributed by atoms with Crippen molar-refractivity contribution in [2.75, 3.05) is 0 Å². The summed E-state index contributed by atoms with van der Waals surface area (Å²) < 4.78 is 5.32. The second-order valence-corrected chi connectivity index (χ2v) is 3.26. The Bertz CT molecular complexity index is 459. The van der Waals surface area contributed by atoms with Gasteiger partial charge in [0.15, 0.2) is 5.58 Å². The number of benzene rings is 1. The number of oxazole rings is 1. The normalized spacial score (nSPS) is 12.9. The van der Waals surface area contributed by atoms with E-state index >= 15 is 0 Å². The molecule has 2 aromatic rings. The summed E-state index contributed by atoms with van der Waals surface area (Å²) in [6.07, 6.45) is -0.915. The van der Waals surface area contributed by atoms with Crippen LogP contribution in [-0.2, 0) is 0 Å². The van der Waals surface area contributed by atoms with Crippen LogP contribution in [0.4, 0.5) is 0 Å². The second kappa shape index (κ2) is 3.70. The van der Waals surface area contributed by atoms with Gasteiger partial charge in [-0.3, -0.25) is 5.41 Å². The molecule has 0 saturated carbocycles. The number of aliphatic hydroxyl groups excluding tert-OH is 1. The van der Waals surface area contributed by atoms with Crippen molar-refractivity contribution in [2.45, 2.75) is 12.5 Å². The van der Waals surface area contributed by atoms with E-state index in [4.69, 9.17) is 15.6 Å². The van der Waals surface area contributed by atoms with E-state index in [9.17, 15) is 5.11 Å². The molecule has 0 fully saturated rings. The number of nitrogens with two attached hydrogens (primary N) is 1. The second-order valence-electron chi connectivity index (χ2n) is 3.26. The lowest BCUT2D eigenvalue weighted by Crippen LogP contribution is -2.14. The van der Waals surface area contributed by atoms with Gasteiger partial charge in [-0.25, -0.2) is 4.98 Å². The van der Waals surface area contributed by atoms with Crippen LogP contribution in [0, 0.1) is 5.41 Å². The number of nitrogens with zero attached hydrogens (tertiary/aromatic N) is 1. The van der Waals surface area contributed by atoms with Crippen LogP contribution in [0.15, 0.2) is 28.7 Å². The van der Waals surface area contributed by atoms with Gasteiger partial charge in [0.1, 0.15) is 11.6 Å². The molecule has 0 radical (unpaired) electrons. The Morgan fingerprint density at radius 1 is 1.53 bits per heavy atom. The summed E-state index contributed by atoms with van der Waals surface area (Å²) in [6.45, 7) is 0. The molecule has 0 aliphatic heterocycles. The Morgan fingerprint density at radius 3 is 2.93 bits per heavy atom. The predicted molar refractivity (Wildman–Crippen MR) is 55.5 cm³/mol. The number of rotatable bonds is 3. The first-order valence-corrected chi connectivity index (χ1v) is 4.53. The minimum Gasteiger partial charge on any atom is -0.438 e. The van der Waals surface area contributed by atoms with E-state index in [-0.39, 0.29) is 18.1 Å². The van der Waals surface area contributed by atoms with Crippen LogP contribution in [0.5, 0.6) is 0 Å². The first kappa shape index (κ1) is 9.67. The maximum Gasteiger partial charge on any atom is 0.224 e. The molecule has 0 aliphatic carbocycles. The number of hydrogen-bond donors (Lipinski definition) is 3. The highest BCUT2D eigenvalue weighted by Gasteiger charge is 2.15. The average molecular weight is 205 g/mol. The lowest BCUT2D eigenvalue weighted by molar-refractivity contribution is 0.153. The summed E-state index contributed by atoms with van der Waals surface area (Å²) in [4.78, 5) is 4.10. The summed E-state index contributed by atoms with van der Waals surface area (Å²) in [5.41, 5.74) is 6.49. The van der Waals surface area contributed by atoms with Crippen LogP contribution in [0.25, 0.3) is 11.1 Å². The van der Waals surface area contributed by atoms with Gasteiger partial charge >= 0.3 is 0 Å². The van der Waals surface area contributed by atoms with Crippen LogP contribution in [0.1, 0.15) is 18.4 Å². The number of fused-ring (bicyclic) bond motifs is 1. The fraction of sp³-hybridized carbons (Fsp3) is 0.200. The summed E-state index contributed by atoms with van der Waals surface area (Å²) in [5, 5.41) is 16.7. The highest BCUT2D eigenvalue weighted by atomic mass is 16.4. The zero-order chi connectivity index (χ0) is 10.8. The molecular weight excluding hydrogens is 194 g/mol. The van der Waals surface area contributed by atoms with E-state index < -0.39 is 6.10 Å². The standard InChI is InChI=1S/C10H11N3O2/c11-9(12)5-7(14)10-13-6-3-1-2-4-8(6)15-10/h1-4,7,14H,5H2,(H3,11,12). The van der Waals surface area contributed by atoms with Crippen molar-refractivity contribution in [3.05, 3.63) is 30.2 Å². The van der Waals surface area contributed by atoms with Gasteiger partial charge in [-0.2, -0.15) is 0 Å². The summed E-state index contributed by atoms with van der Waals surface area (Å²) in [5.74, 6) is 0.108. The van der Waals surface area contributed by atoms with Gasteiger partial charge in [-0.05, 0) is 12.1 Å². The Kier molecular flexibility index (Phi) is 2.39. The van der Waals surface area contributed by atoms with Gasteiger partial charge in [-0.1, -0.05) is 12.1 Å². The van der Waals surface area contributed by atoms with Crippen LogP contribution in [0.2, 0.25) is 0 Å². The molecule has 15 heavy (non-hydrogen) atoms. The molecule has 4 N–H and O–H groups in total. The number of nitrogens with one attached hydrogen (secondary N) is 1. The van der Waals surface area contributed by atoms with E-state index in [0.29, 0.717) is 11.1 Å². The quantitative estimate of drug-likeness (QED) is 0.518. The fourth-order valence-corrected chi connectivity index (χ4v) is 1.33. The molecule has 0 aliphatic rings. The first-order valence-electron chi connectivity index (χ1n) is 4.53. The number of para-hydroxylation sites is 2. The van der Waals surface area contributed by atoms with Crippen molar-refractivity contribution >= 4 is 16.9 Å². The highest BCUT2D eigenvalue weighted by Crippen LogP contribution is 2.21. The smallest absolute Gasteiger partial charge is 0.224 e. The van der Waals surface area contributed by atoms with E-state index in [1.165, 1.54) is 0 Å². The van der Waals surface area contributed by atoms with Crippen LogP contribution in [0.3, 0.4) is 0 Å². The van der Waals surface area contributed by atoms with Gasteiger partial charge in [-0.15, -0.1) is 0 Å². The maximum atomic E-state index is 9.61. The minimum absolute atomic E-state index is 0.0345. The zero-order valence-electron chi connectivity index (χ0n) is 7.97. The van der Waals surface area contributed by atoms with Gasteiger partial charge in [0, 0.05) is 6.42 Å². The molecule has 0 spiro atoms. The first-order chi connectivity index (χ1) is 7.16. The van der Waals surface area contributed by atoms with Gasteiger partial charge in [0.25, 0.3) is 0 Å². The van der Waals surface area contributed by atoms with Crippen LogP contribution >= 0.6 is 0 Å². The number of amidine groups is 1. The zero-order valence-corrected chi connectivity index (χ0v) is 7.97. The van der Waals surface area contributed by atoms with Crippen molar-refractivity contribution in [2.24, 2.45) is 5.73 Å². The Hall–Kier alpha value is -1.88. The topological polar surface area (TPSA) is 96.1 Å². The fourth-order valence-electron chi connectivity index (χ4n) is 1.33. The third-order valence-corrected chi connectivity index (χ3v) is 2.01. The molecule has 1 aromatic heterocycles. The van der Waals surface area contributed by atoms with Gasteiger partial charge in [0.2, 0.25) is 5.89 Å². The molecule has 1 aromatic carbocycles. The van der Waals surface area contributed by atoms with Crippen molar-refractivity contribution in [3.63, 3.8) is 0 Å². The molecule has 5 nitrogen and oxygen atoms in total. The Morgan fingerprint density at radius 2 is 2.27 bits per heavy atom. The Labute approximate surface area is 86.0 Å². The molecule has 0 saturated heterocycles. The SMILES string of the molecule is N=C(N)CC(O)c1nc2ccccc2o1. The molecule has 0 amide bonds. The van der Waals surface area contributed by atoms with Gasteiger partial charge in [0.05, 0.1) is 5.84 Å². The summed E-state index contributed by atoms with van der Waals surface area (Å²) >= 11 is 0. The monoisotopic (exact) mass is 205 g/mol. The van der Waals surface area contributed by atoms with Crippen LogP contribution in [-0.4, -0.2) is 15.9 Å². The maximum absolute atomic E-state index is 9.61. The van der Waals surface area contributed by atoms with Crippen molar-refractivity contribution in [3.8, 4) is 0 Å². The largest absolute Gasteiger partial charge is 0.438 e. The molecule has 1 atom stereocenters. The van der Waals surface area contributed by atoms with Crippen molar-refractivity contribution in [1.82, 2.24) is 4.98 Å². The lowest BCUT2D eigenvalue weighted by atomic mass is 10.2. The third kappa shape index (κ3) is 1.97. The molecule has 2 rings (SSSR count). The van der Waals surface area contributed by atoms with E-state index in [1.54, 1.807) is 12.1 Å². The highest BCUT2D eigenvalue weighted by molar-refractivity contribution is 5.77. The minimum atomic E-state index is -0.949. The summed E-state index contributed by atoms with van der Waals surface area (Å²) in [7, 11) is 0. The van der Waals surface area contributed by atoms with Crippen LogP contribution < -0.4 is 5.73 Å². The predicted octanol–water partition coefficient (Wildman–Crippen LogP) is 1.19. The van der Waals surface area contributed by atoms with E-state index in [0.717, 1.165) is 0 Å². The molecule has 1 unspecified atom stereocenters. The average Bonchev–Trinajstić information content (AvgIpc) is 2.59. The third-order valence-electron chi connectivity index (χ3n) is 2.01. The molecule has 5 heteroatoms. The van der Waals surface area contributed by atoms with Crippen molar-refractivity contribution in [1.29, 1.82) is 5.41 Å². The summed E-state index contributed by atoms with van der Waals surface area (Å²) in [6, 6.07) is 7.23. The van der Waals surface area contributed by atoms with E-state index in [2.05, 4.69) is 4.98 Å². The Balaban J connectivity index is 2.32. The lowest BCUT2D eigenvalue weighted by Gasteiger charge is -2.03. The number of aromatic nitrogens is 1. The molecule has 78 valence electrons. The molecule has 1 heterocycles. The van der Waals surface area contributed by atoms with Gasteiger partial charge < -0.3 is 15.3 Å². The molecular formula is C10H11N3O2. The van der Waals surface area contributed by atoms with Crippen molar-refractivity contribution < 1.29 is 9.52 Å².